The normalized spacial score (nSPS) is 16.6. The maximum absolute atomic E-state index is 12.3. The van der Waals surface area contributed by atoms with E-state index in [9.17, 15) is 9.59 Å². The van der Waals surface area contributed by atoms with Crippen molar-refractivity contribution >= 4 is 22.8 Å². The number of carbonyl (C=O) groups excluding carboxylic acids is 2. The molecular formula is C20H27N5O2S. The quantitative estimate of drug-likeness (QED) is 0.548. The molecule has 2 aromatic rings. The van der Waals surface area contributed by atoms with Crippen molar-refractivity contribution < 1.29 is 9.59 Å². The molecule has 150 valence electrons. The molecule has 1 unspecified atom stereocenters. The molecule has 0 aliphatic carbocycles. The summed E-state index contributed by atoms with van der Waals surface area (Å²) in [5.74, 6) is 1.87. The first-order valence-corrected chi connectivity index (χ1v) is 10.9. The lowest BCUT2D eigenvalue weighted by Gasteiger charge is -2.23. The van der Waals surface area contributed by atoms with Crippen LogP contribution >= 0.6 is 11.8 Å². The van der Waals surface area contributed by atoms with Crippen LogP contribution in [0.1, 0.15) is 49.9 Å². The molecular weight excluding hydrogens is 374 g/mol. The van der Waals surface area contributed by atoms with Crippen LogP contribution in [0.25, 0.3) is 0 Å². The monoisotopic (exact) mass is 401 g/mol. The van der Waals surface area contributed by atoms with Crippen molar-refractivity contribution in [2.75, 3.05) is 12.3 Å². The number of aromatic nitrogens is 4. The van der Waals surface area contributed by atoms with E-state index in [1.54, 1.807) is 0 Å². The highest BCUT2D eigenvalue weighted by atomic mass is 32.2. The van der Waals surface area contributed by atoms with Gasteiger partial charge >= 0.3 is 0 Å². The Kier molecular flexibility index (Phi) is 8.02. The average Bonchev–Trinajstić information content (AvgIpc) is 3.34. The third-order valence-electron chi connectivity index (χ3n) is 5.03. The molecule has 7 nitrogen and oxygen atoms in total. The Morgan fingerprint density at radius 1 is 1.18 bits per heavy atom. The van der Waals surface area contributed by atoms with Crippen molar-refractivity contribution in [2.45, 2.75) is 57.4 Å². The molecule has 0 spiro atoms. The molecule has 1 N–H and O–H groups in total. The predicted molar refractivity (Wildman–Crippen MR) is 109 cm³/mol. The zero-order chi connectivity index (χ0) is 19.6. The SMILES string of the molecule is O=C(CCC1CSC(=O)N1CCCCCCc1nnn[nH]1)Cc1ccccc1. The van der Waals surface area contributed by atoms with E-state index >= 15 is 0 Å². The van der Waals surface area contributed by atoms with E-state index < -0.39 is 0 Å². The second-order valence-corrected chi connectivity index (χ2v) is 8.15. The van der Waals surface area contributed by atoms with Crippen molar-refractivity contribution in [1.82, 2.24) is 25.5 Å². The van der Waals surface area contributed by atoms with Gasteiger partial charge in [0.15, 0.2) is 0 Å². The zero-order valence-corrected chi connectivity index (χ0v) is 16.9. The fourth-order valence-corrected chi connectivity index (χ4v) is 4.54. The number of nitrogens with zero attached hydrogens (tertiary/aromatic N) is 4. The Morgan fingerprint density at radius 2 is 2.00 bits per heavy atom. The van der Waals surface area contributed by atoms with E-state index in [-0.39, 0.29) is 17.1 Å². The van der Waals surface area contributed by atoms with Gasteiger partial charge in [-0.3, -0.25) is 9.59 Å². The highest BCUT2D eigenvalue weighted by Crippen LogP contribution is 2.27. The van der Waals surface area contributed by atoms with Gasteiger partial charge in [-0.1, -0.05) is 54.9 Å². The highest BCUT2D eigenvalue weighted by molar-refractivity contribution is 8.13. The van der Waals surface area contributed by atoms with Crippen LogP contribution in [0.4, 0.5) is 4.79 Å². The second kappa shape index (κ2) is 10.9. The molecule has 2 heterocycles. The van der Waals surface area contributed by atoms with E-state index in [0.29, 0.717) is 12.8 Å². The number of carbonyl (C=O) groups is 2. The summed E-state index contributed by atoms with van der Waals surface area (Å²) in [6, 6.07) is 10.0. The van der Waals surface area contributed by atoms with Crippen LogP contribution in [0.2, 0.25) is 0 Å². The lowest BCUT2D eigenvalue weighted by Crippen LogP contribution is -2.34. The third kappa shape index (κ3) is 6.44. The Labute approximate surface area is 169 Å². The largest absolute Gasteiger partial charge is 0.330 e. The summed E-state index contributed by atoms with van der Waals surface area (Å²) in [5, 5.41) is 13.9. The van der Waals surface area contributed by atoms with Crippen LogP contribution in [0, 0.1) is 0 Å². The van der Waals surface area contributed by atoms with Gasteiger partial charge in [0.25, 0.3) is 5.24 Å². The lowest BCUT2D eigenvalue weighted by molar-refractivity contribution is -0.118. The number of aromatic amines is 1. The number of hydrogen-bond donors (Lipinski definition) is 1. The first-order chi connectivity index (χ1) is 13.7. The van der Waals surface area contributed by atoms with Crippen molar-refractivity contribution in [3.05, 3.63) is 41.7 Å². The van der Waals surface area contributed by atoms with E-state index in [1.165, 1.54) is 11.8 Å². The molecule has 1 atom stereocenters. The molecule has 1 aromatic carbocycles. The molecule has 0 radical (unpaired) electrons. The fourth-order valence-electron chi connectivity index (χ4n) is 3.45. The van der Waals surface area contributed by atoms with E-state index in [1.807, 2.05) is 35.2 Å². The number of unbranched alkanes of at least 4 members (excludes halogenated alkanes) is 3. The molecule has 3 rings (SSSR count). The number of benzene rings is 1. The van der Waals surface area contributed by atoms with E-state index in [4.69, 9.17) is 0 Å². The molecule has 8 heteroatoms. The maximum atomic E-state index is 12.3. The highest BCUT2D eigenvalue weighted by Gasteiger charge is 2.31. The first-order valence-electron chi connectivity index (χ1n) is 9.94. The predicted octanol–water partition coefficient (Wildman–Crippen LogP) is 3.43. The topological polar surface area (TPSA) is 91.8 Å². The van der Waals surface area contributed by atoms with Gasteiger partial charge in [-0.25, -0.2) is 5.10 Å². The van der Waals surface area contributed by atoms with Crippen LogP contribution in [0.5, 0.6) is 0 Å². The van der Waals surface area contributed by atoms with Crippen LogP contribution < -0.4 is 0 Å². The number of nitrogens with one attached hydrogen (secondary N) is 1. The standard InChI is InChI=1S/C20H27N5O2S/c26-18(14-16-8-4-3-5-9-16)12-11-17-15-28-20(27)25(17)13-7-2-1-6-10-19-21-23-24-22-19/h3-5,8-9,17H,1-2,6-7,10-15H2,(H,21,22,23,24). The molecule has 1 fully saturated rings. The first kappa shape index (κ1) is 20.5. The Hall–Kier alpha value is -2.22. The number of thioether (sulfide) groups is 1. The van der Waals surface area contributed by atoms with Crippen molar-refractivity contribution in [3.8, 4) is 0 Å². The van der Waals surface area contributed by atoms with Gasteiger partial charge < -0.3 is 4.90 Å². The summed E-state index contributed by atoms with van der Waals surface area (Å²) in [4.78, 5) is 26.4. The van der Waals surface area contributed by atoms with Gasteiger partial charge in [-0.15, -0.1) is 5.10 Å². The summed E-state index contributed by atoms with van der Waals surface area (Å²) < 4.78 is 0. The number of amides is 1. The molecule has 1 aliphatic rings. The van der Waals surface area contributed by atoms with Gasteiger partial charge in [0.1, 0.15) is 11.6 Å². The van der Waals surface area contributed by atoms with E-state index in [0.717, 1.165) is 62.2 Å². The number of aryl methyl sites for hydroxylation is 1. The van der Waals surface area contributed by atoms with Crippen molar-refractivity contribution in [2.24, 2.45) is 0 Å². The maximum Gasteiger partial charge on any atom is 0.281 e. The van der Waals surface area contributed by atoms with Crippen molar-refractivity contribution in [3.63, 3.8) is 0 Å². The summed E-state index contributed by atoms with van der Waals surface area (Å²) in [5.41, 5.74) is 1.06. The van der Waals surface area contributed by atoms with Crippen molar-refractivity contribution in [1.29, 1.82) is 0 Å². The summed E-state index contributed by atoms with van der Waals surface area (Å²) in [6.07, 6.45) is 6.85. The van der Waals surface area contributed by atoms with Gasteiger partial charge in [-0.2, -0.15) is 0 Å². The minimum atomic E-state index is 0.160. The third-order valence-corrected chi connectivity index (χ3v) is 6.06. The number of ketones is 1. The lowest BCUT2D eigenvalue weighted by atomic mass is 10.0. The van der Waals surface area contributed by atoms with E-state index in [2.05, 4.69) is 20.6 Å². The van der Waals surface area contributed by atoms with Crippen LogP contribution in [-0.4, -0.2) is 54.9 Å². The molecule has 0 saturated carbocycles. The number of tetrazole rings is 1. The van der Waals surface area contributed by atoms with Gasteiger partial charge in [0.05, 0.1) is 0 Å². The average molecular weight is 402 g/mol. The molecule has 1 amide bonds. The number of H-pyrrole nitrogens is 1. The van der Waals surface area contributed by atoms with Crippen LogP contribution in [-0.2, 0) is 17.6 Å². The molecule has 0 bridgehead atoms. The van der Waals surface area contributed by atoms with Gasteiger partial charge in [-0.05, 0) is 35.3 Å². The smallest absolute Gasteiger partial charge is 0.281 e. The minimum absolute atomic E-state index is 0.160. The summed E-state index contributed by atoms with van der Waals surface area (Å²) in [6.45, 7) is 0.785. The molecule has 1 saturated heterocycles. The van der Waals surface area contributed by atoms with Crippen LogP contribution in [0.15, 0.2) is 30.3 Å². The van der Waals surface area contributed by atoms with Gasteiger partial charge in [0, 0.05) is 37.6 Å². The number of Topliss-reactive ketones (excluding diaryl/α,β-unsaturated/α-hetero) is 1. The fraction of sp³-hybridized carbons (Fsp3) is 0.550. The molecule has 1 aromatic heterocycles. The zero-order valence-electron chi connectivity index (χ0n) is 16.0. The number of hydrogen-bond acceptors (Lipinski definition) is 6. The Balaban J connectivity index is 1.32. The summed E-state index contributed by atoms with van der Waals surface area (Å²) in [7, 11) is 0. The van der Waals surface area contributed by atoms with Gasteiger partial charge in [0.2, 0.25) is 0 Å². The molecule has 28 heavy (non-hydrogen) atoms. The molecule has 1 aliphatic heterocycles. The Morgan fingerprint density at radius 3 is 2.79 bits per heavy atom. The Bertz CT molecular complexity index is 738. The minimum Gasteiger partial charge on any atom is -0.330 e. The van der Waals surface area contributed by atoms with Crippen LogP contribution in [0.3, 0.4) is 0 Å². The number of rotatable bonds is 12. The second-order valence-electron chi connectivity index (χ2n) is 7.18. The summed E-state index contributed by atoms with van der Waals surface area (Å²) >= 11 is 1.39.